The largest absolute Gasteiger partial charge is 0.390 e. The minimum absolute atomic E-state index is 0.183. The molecule has 1 aliphatic rings. The molecule has 6 heteroatoms. The van der Waals surface area contributed by atoms with Crippen molar-refractivity contribution < 1.29 is 13.9 Å². The number of aliphatic hydroxyl groups is 1. The van der Waals surface area contributed by atoms with Gasteiger partial charge in [-0.25, -0.2) is 8.78 Å². The number of aryl methyl sites for hydroxylation is 2. The summed E-state index contributed by atoms with van der Waals surface area (Å²) in [7, 11) is 0. The molecule has 0 radical (unpaired) electrons. The van der Waals surface area contributed by atoms with E-state index in [-0.39, 0.29) is 12.5 Å². The minimum Gasteiger partial charge on any atom is -0.390 e. The van der Waals surface area contributed by atoms with Gasteiger partial charge in [0, 0.05) is 36.7 Å². The molecule has 0 aliphatic heterocycles. The molecule has 0 amide bonds. The van der Waals surface area contributed by atoms with E-state index < -0.39 is 23.8 Å². The van der Waals surface area contributed by atoms with Crippen LogP contribution >= 0.6 is 0 Å². The molecule has 3 aromatic rings. The molecule has 0 bridgehead atoms. The van der Waals surface area contributed by atoms with Crippen molar-refractivity contribution in [2.45, 2.75) is 57.2 Å². The van der Waals surface area contributed by atoms with Crippen molar-refractivity contribution in [1.82, 2.24) is 10.3 Å². The first kappa shape index (κ1) is 23.3. The van der Waals surface area contributed by atoms with Crippen LogP contribution in [0.3, 0.4) is 0 Å². The number of halogens is 2. The molecule has 3 N–H and O–H groups in total. The smallest absolute Gasteiger partial charge is 0.126 e. The van der Waals surface area contributed by atoms with Gasteiger partial charge in [0.2, 0.25) is 0 Å². The van der Waals surface area contributed by atoms with Crippen molar-refractivity contribution in [3.8, 4) is 0 Å². The Morgan fingerprint density at radius 3 is 2.52 bits per heavy atom. The van der Waals surface area contributed by atoms with E-state index in [9.17, 15) is 13.9 Å². The summed E-state index contributed by atoms with van der Waals surface area (Å²) in [5.74, 6) is -1.24. The van der Waals surface area contributed by atoms with Crippen LogP contribution in [0, 0.1) is 11.6 Å². The Hall–Kier alpha value is -2.83. The highest BCUT2D eigenvalue weighted by atomic mass is 19.1. The fourth-order valence-electron chi connectivity index (χ4n) is 4.61. The quantitative estimate of drug-likeness (QED) is 0.430. The number of nitrogens with zero attached hydrogens (tertiary/aromatic N) is 1. The number of rotatable bonds is 9. The maximum absolute atomic E-state index is 13.8. The molecule has 4 rings (SSSR count). The lowest BCUT2D eigenvalue weighted by atomic mass is 9.86. The Kier molecular flexibility index (Phi) is 7.68. The highest BCUT2D eigenvalue weighted by molar-refractivity contribution is 5.43. The lowest BCUT2D eigenvalue weighted by Gasteiger charge is -2.31. The van der Waals surface area contributed by atoms with E-state index in [1.165, 1.54) is 28.8 Å². The Labute approximate surface area is 194 Å². The van der Waals surface area contributed by atoms with E-state index in [2.05, 4.69) is 40.7 Å². The second kappa shape index (κ2) is 10.9. The summed E-state index contributed by atoms with van der Waals surface area (Å²) in [6.45, 7) is 2.52. The molecule has 3 atom stereocenters. The number of anilines is 1. The third kappa shape index (κ3) is 6.15. The zero-order valence-electron chi connectivity index (χ0n) is 18.9. The van der Waals surface area contributed by atoms with Crippen molar-refractivity contribution in [3.05, 3.63) is 94.8 Å². The van der Waals surface area contributed by atoms with Crippen molar-refractivity contribution in [2.24, 2.45) is 0 Å². The van der Waals surface area contributed by atoms with Crippen LogP contribution in [0.25, 0.3) is 0 Å². The molecule has 1 aliphatic carbocycles. The third-order valence-corrected chi connectivity index (χ3v) is 6.38. The molecule has 174 valence electrons. The fraction of sp³-hybridized carbons (Fsp3) is 0.370. The molecule has 0 unspecified atom stereocenters. The van der Waals surface area contributed by atoms with E-state index in [4.69, 9.17) is 0 Å². The first-order valence-corrected chi connectivity index (χ1v) is 11.7. The van der Waals surface area contributed by atoms with Crippen LogP contribution in [-0.2, 0) is 19.3 Å². The van der Waals surface area contributed by atoms with Gasteiger partial charge in [-0.15, -0.1) is 0 Å². The van der Waals surface area contributed by atoms with Crippen molar-refractivity contribution >= 4 is 5.69 Å². The molecule has 0 saturated carbocycles. The average Bonchev–Trinajstić information content (AvgIpc) is 2.81. The van der Waals surface area contributed by atoms with E-state index >= 15 is 0 Å². The Morgan fingerprint density at radius 1 is 1.03 bits per heavy atom. The Morgan fingerprint density at radius 2 is 1.79 bits per heavy atom. The summed E-state index contributed by atoms with van der Waals surface area (Å²) in [4.78, 5) is 4.02. The number of aromatic nitrogens is 1. The number of fused-ring (bicyclic) bond motifs is 1. The summed E-state index contributed by atoms with van der Waals surface area (Å²) in [6.07, 6.45) is 7.03. The molecule has 2 aromatic carbocycles. The summed E-state index contributed by atoms with van der Waals surface area (Å²) < 4.78 is 27.5. The van der Waals surface area contributed by atoms with Crippen molar-refractivity contribution in [3.63, 3.8) is 0 Å². The van der Waals surface area contributed by atoms with E-state index in [0.29, 0.717) is 12.1 Å². The minimum atomic E-state index is -0.774. The maximum atomic E-state index is 13.8. The van der Waals surface area contributed by atoms with Crippen LogP contribution < -0.4 is 10.6 Å². The average molecular weight is 452 g/mol. The van der Waals surface area contributed by atoms with Crippen LogP contribution in [0.4, 0.5) is 14.5 Å². The predicted octanol–water partition coefficient (Wildman–Crippen LogP) is 4.97. The zero-order valence-corrected chi connectivity index (χ0v) is 18.9. The first-order valence-electron chi connectivity index (χ1n) is 11.7. The highest BCUT2D eigenvalue weighted by Crippen LogP contribution is 2.31. The van der Waals surface area contributed by atoms with Crippen LogP contribution in [0.1, 0.15) is 48.1 Å². The summed E-state index contributed by atoms with van der Waals surface area (Å²) in [5.41, 5.74) is 5.29. The molecule has 0 fully saturated rings. The van der Waals surface area contributed by atoms with Gasteiger partial charge in [0.15, 0.2) is 0 Å². The number of hydrogen-bond acceptors (Lipinski definition) is 4. The fourth-order valence-corrected chi connectivity index (χ4v) is 4.61. The van der Waals surface area contributed by atoms with E-state index in [0.717, 1.165) is 37.4 Å². The topological polar surface area (TPSA) is 57.2 Å². The molecule has 1 heterocycles. The number of pyridine rings is 1. The van der Waals surface area contributed by atoms with E-state index in [1.54, 1.807) is 12.4 Å². The van der Waals surface area contributed by atoms with Gasteiger partial charge in [0.1, 0.15) is 11.6 Å². The van der Waals surface area contributed by atoms with Crippen LogP contribution in [0.2, 0.25) is 0 Å². The molecule has 1 aromatic heterocycles. The van der Waals surface area contributed by atoms with Gasteiger partial charge < -0.3 is 15.7 Å². The monoisotopic (exact) mass is 451 g/mol. The van der Waals surface area contributed by atoms with Gasteiger partial charge in [-0.3, -0.25) is 4.98 Å². The molecule has 0 saturated heterocycles. The number of benzene rings is 2. The highest BCUT2D eigenvalue weighted by Gasteiger charge is 2.24. The number of aliphatic hydroxyl groups excluding tert-OH is 1. The molecule has 4 nitrogen and oxygen atoms in total. The third-order valence-electron chi connectivity index (χ3n) is 6.38. The standard InChI is InChI=1S/C27H31F2N3O/c1-2-18-6-7-20-4-3-5-25(24(20)14-18)31-17-27(33)26(32-23-8-10-30-11-9-23)15-19-12-21(28)16-22(29)13-19/h6-14,16,25-27,31,33H,2-5,15,17H2,1H3,(H,30,32)/t25-,26-,27+/m0/s1. The van der Waals surface area contributed by atoms with Crippen LogP contribution in [0.5, 0.6) is 0 Å². The van der Waals surface area contributed by atoms with Crippen molar-refractivity contribution in [1.29, 1.82) is 0 Å². The number of nitrogens with one attached hydrogen (secondary N) is 2. The van der Waals surface area contributed by atoms with Crippen LogP contribution in [0.15, 0.2) is 60.9 Å². The van der Waals surface area contributed by atoms with Gasteiger partial charge >= 0.3 is 0 Å². The summed E-state index contributed by atoms with van der Waals surface area (Å²) >= 11 is 0. The Bertz CT molecular complexity index is 1040. The normalized spacial score (nSPS) is 17.3. The van der Waals surface area contributed by atoms with Gasteiger partial charge in [0.25, 0.3) is 0 Å². The van der Waals surface area contributed by atoms with Gasteiger partial charge in [-0.2, -0.15) is 0 Å². The molecule has 33 heavy (non-hydrogen) atoms. The molecular formula is C27H31F2N3O. The predicted molar refractivity (Wildman–Crippen MR) is 127 cm³/mol. The van der Waals surface area contributed by atoms with E-state index in [1.807, 2.05) is 12.1 Å². The summed E-state index contributed by atoms with van der Waals surface area (Å²) in [6, 6.07) is 13.6. The second-order valence-electron chi connectivity index (χ2n) is 8.78. The summed E-state index contributed by atoms with van der Waals surface area (Å²) in [5, 5.41) is 18.0. The Balaban J connectivity index is 1.49. The molecule has 0 spiro atoms. The maximum Gasteiger partial charge on any atom is 0.126 e. The first-order chi connectivity index (χ1) is 16.0. The van der Waals surface area contributed by atoms with Gasteiger partial charge in [-0.05, 0) is 78.6 Å². The zero-order chi connectivity index (χ0) is 23.2. The van der Waals surface area contributed by atoms with Crippen LogP contribution in [-0.4, -0.2) is 28.8 Å². The van der Waals surface area contributed by atoms with Gasteiger partial charge in [-0.1, -0.05) is 25.1 Å². The lowest BCUT2D eigenvalue weighted by molar-refractivity contribution is 0.143. The molecular weight excluding hydrogens is 420 g/mol. The van der Waals surface area contributed by atoms with Gasteiger partial charge in [0.05, 0.1) is 12.1 Å². The van der Waals surface area contributed by atoms with Crippen molar-refractivity contribution in [2.75, 3.05) is 11.9 Å². The lowest BCUT2D eigenvalue weighted by Crippen LogP contribution is -2.43. The number of hydrogen-bond donors (Lipinski definition) is 3. The SMILES string of the molecule is CCc1ccc2c(c1)[C@@H](NC[C@@H](O)[C@H](Cc1cc(F)cc(F)c1)Nc1ccncc1)CCC2. The second-order valence-corrected chi connectivity index (χ2v) is 8.78.